The van der Waals surface area contributed by atoms with Gasteiger partial charge in [0.25, 0.3) is 5.91 Å². The summed E-state index contributed by atoms with van der Waals surface area (Å²) in [6.07, 6.45) is 1.66. The van der Waals surface area contributed by atoms with Gasteiger partial charge in [0.2, 0.25) is 0 Å². The fourth-order valence-corrected chi connectivity index (χ4v) is 1.66. The maximum absolute atomic E-state index is 13.0. The summed E-state index contributed by atoms with van der Waals surface area (Å²) in [5, 5.41) is 0. The van der Waals surface area contributed by atoms with Crippen LogP contribution in [0.25, 0.3) is 0 Å². The minimum Gasteiger partial charge on any atom is -0.398 e. The van der Waals surface area contributed by atoms with Crippen molar-refractivity contribution in [2.24, 2.45) is 0 Å². The molecule has 0 heterocycles. The van der Waals surface area contributed by atoms with Gasteiger partial charge in [0, 0.05) is 17.8 Å². The SMILES string of the molecule is C=CCN(C(=O)c1ccc(F)cc1N)C(C)(C)C. The van der Waals surface area contributed by atoms with Crippen molar-refractivity contribution in [3.05, 3.63) is 42.2 Å². The predicted molar refractivity (Wildman–Crippen MR) is 71.8 cm³/mol. The van der Waals surface area contributed by atoms with E-state index in [4.69, 9.17) is 5.73 Å². The van der Waals surface area contributed by atoms with Gasteiger partial charge in [-0.25, -0.2) is 4.39 Å². The number of benzene rings is 1. The van der Waals surface area contributed by atoms with Crippen molar-refractivity contribution in [2.75, 3.05) is 12.3 Å². The molecule has 0 bridgehead atoms. The minimum atomic E-state index is -0.449. The molecule has 0 unspecified atom stereocenters. The van der Waals surface area contributed by atoms with Gasteiger partial charge in [-0.3, -0.25) is 4.79 Å². The number of hydrogen-bond donors (Lipinski definition) is 1. The standard InChI is InChI=1S/C14H19FN2O/c1-5-8-17(14(2,3)4)13(18)11-7-6-10(15)9-12(11)16/h5-7,9H,1,8,16H2,2-4H3. The molecule has 0 spiro atoms. The number of carbonyl (C=O) groups is 1. The Balaban J connectivity index is 3.14. The summed E-state index contributed by atoms with van der Waals surface area (Å²) in [5.41, 5.74) is 5.80. The van der Waals surface area contributed by atoms with Crippen LogP contribution in [0.3, 0.4) is 0 Å². The lowest BCUT2D eigenvalue weighted by atomic mass is 10.0. The van der Waals surface area contributed by atoms with Crippen molar-refractivity contribution in [3.8, 4) is 0 Å². The van der Waals surface area contributed by atoms with E-state index in [-0.39, 0.29) is 17.1 Å². The van der Waals surface area contributed by atoms with Crippen LogP contribution in [-0.2, 0) is 0 Å². The van der Waals surface area contributed by atoms with Gasteiger partial charge in [-0.05, 0) is 39.0 Å². The lowest BCUT2D eigenvalue weighted by Gasteiger charge is -2.35. The van der Waals surface area contributed by atoms with Crippen LogP contribution in [-0.4, -0.2) is 22.9 Å². The highest BCUT2D eigenvalue weighted by Crippen LogP contribution is 2.21. The maximum atomic E-state index is 13.0. The fraction of sp³-hybridized carbons (Fsp3) is 0.357. The van der Waals surface area contributed by atoms with Gasteiger partial charge in [0.15, 0.2) is 0 Å². The van der Waals surface area contributed by atoms with Crippen LogP contribution >= 0.6 is 0 Å². The molecule has 2 N–H and O–H groups in total. The minimum absolute atomic E-state index is 0.151. The molecule has 18 heavy (non-hydrogen) atoms. The van der Waals surface area contributed by atoms with Gasteiger partial charge in [-0.15, -0.1) is 6.58 Å². The topological polar surface area (TPSA) is 46.3 Å². The summed E-state index contributed by atoms with van der Waals surface area (Å²) in [6, 6.07) is 3.80. The van der Waals surface area contributed by atoms with Crippen molar-refractivity contribution >= 4 is 11.6 Å². The zero-order valence-corrected chi connectivity index (χ0v) is 11.0. The molecule has 0 saturated carbocycles. The molecule has 0 atom stereocenters. The summed E-state index contributed by atoms with van der Waals surface area (Å²) in [4.78, 5) is 14.0. The van der Waals surface area contributed by atoms with Crippen LogP contribution in [0, 0.1) is 5.82 Å². The first-order chi connectivity index (χ1) is 8.27. The van der Waals surface area contributed by atoms with Gasteiger partial charge in [0.05, 0.1) is 5.56 Å². The van der Waals surface area contributed by atoms with Crippen molar-refractivity contribution in [1.82, 2.24) is 4.90 Å². The van der Waals surface area contributed by atoms with Gasteiger partial charge in [-0.1, -0.05) is 6.08 Å². The number of hydrogen-bond acceptors (Lipinski definition) is 2. The molecule has 98 valence electrons. The van der Waals surface area contributed by atoms with E-state index in [1.807, 2.05) is 20.8 Å². The molecule has 0 fully saturated rings. The van der Waals surface area contributed by atoms with Crippen LogP contribution < -0.4 is 5.73 Å². The van der Waals surface area contributed by atoms with E-state index in [2.05, 4.69) is 6.58 Å². The molecular formula is C14H19FN2O. The average Bonchev–Trinajstić information content (AvgIpc) is 2.23. The Bertz CT molecular complexity index is 463. The molecule has 0 saturated heterocycles. The van der Waals surface area contributed by atoms with Crippen LogP contribution in [0.4, 0.5) is 10.1 Å². The van der Waals surface area contributed by atoms with Crippen LogP contribution in [0.2, 0.25) is 0 Å². The lowest BCUT2D eigenvalue weighted by molar-refractivity contribution is 0.0617. The molecule has 1 aromatic rings. The summed E-state index contributed by atoms with van der Waals surface area (Å²) in [7, 11) is 0. The fourth-order valence-electron chi connectivity index (χ4n) is 1.66. The first-order valence-corrected chi connectivity index (χ1v) is 5.75. The molecule has 0 radical (unpaired) electrons. The Morgan fingerprint density at radius 1 is 1.50 bits per heavy atom. The summed E-state index contributed by atoms with van der Waals surface area (Å²) in [5.74, 6) is -0.671. The van der Waals surface area contributed by atoms with E-state index in [0.717, 1.165) is 6.07 Å². The molecule has 4 heteroatoms. The predicted octanol–water partition coefficient (Wildman–Crippen LogP) is 2.83. The smallest absolute Gasteiger partial charge is 0.256 e. The Kier molecular flexibility index (Phi) is 4.11. The number of rotatable bonds is 3. The number of nitrogens with zero attached hydrogens (tertiary/aromatic N) is 1. The molecule has 0 aliphatic heterocycles. The second kappa shape index (κ2) is 5.21. The molecule has 1 rings (SSSR count). The third kappa shape index (κ3) is 3.09. The number of anilines is 1. The van der Waals surface area contributed by atoms with Gasteiger partial charge in [-0.2, -0.15) is 0 Å². The number of carbonyl (C=O) groups excluding carboxylic acids is 1. The quantitative estimate of drug-likeness (QED) is 0.662. The van der Waals surface area contributed by atoms with Crippen molar-refractivity contribution in [2.45, 2.75) is 26.3 Å². The van der Waals surface area contributed by atoms with Gasteiger partial charge >= 0.3 is 0 Å². The Labute approximate surface area is 107 Å². The Hall–Kier alpha value is -1.84. The highest BCUT2D eigenvalue weighted by atomic mass is 19.1. The number of halogens is 1. The van der Waals surface area contributed by atoms with Crippen LogP contribution in [0.15, 0.2) is 30.9 Å². The highest BCUT2D eigenvalue weighted by Gasteiger charge is 2.27. The molecule has 0 aliphatic carbocycles. The summed E-state index contributed by atoms with van der Waals surface area (Å²) < 4.78 is 13.0. The summed E-state index contributed by atoms with van der Waals surface area (Å²) >= 11 is 0. The molecule has 1 aromatic carbocycles. The van der Waals surface area contributed by atoms with E-state index < -0.39 is 5.82 Å². The van der Waals surface area contributed by atoms with E-state index in [9.17, 15) is 9.18 Å². The average molecular weight is 250 g/mol. The van der Waals surface area contributed by atoms with Crippen molar-refractivity contribution in [1.29, 1.82) is 0 Å². The van der Waals surface area contributed by atoms with Crippen molar-refractivity contribution in [3.63, 3.8) is 0 Å². The molecule has 0 aliphatic rings. The monoisotopic (exact) mass is 250 g/mol. The van der Waals surface area contributed by atoms with E-state index in [1.165, 1.54) is 12.1 Å². The number of nitrogens with two attached hydrogens (primary N) is 1. The van der Waals surface area contributed by atoms with E-state index >= 15 is 0 Å². The molecule has 0 aromatic heterocycles. The zero-order chi connectivity index (χ0) is 13.9. The maximum Gasteiger partial charge on any atom is 0.256 e. The normalized spacial score (nSPS) is 11.1. The van der Waals surface area contributed by atoms with E-state index in [1.54, 1.807) is 11.0 Å². The largest absolute Gasteiger partial charge is 0.398 e. The lowest BCUT2D eigenvalue weighted by Crippen LogP contribution is -2.45. The first kappa shape index (κ1) is 14.2. The first-order valence-electron chi connectivity index (χ1n) is 5.75. The van der Waals surface area contributed by atoms with Gasteiger partial charge in [0.1, 0.15) is 5.82 Å². The second-order valence-electron chi connectivity index (χ2n) is 5.11. The van der Waals surface area contributed by atoms with Crippen LogP contribution in [0.5, 0.6) is 0 Å². The zero-order valence-electron chi connectivity index (χ0n) is 11.0. The molecule has 3 nitrogen and oxygen atoms in total. The summed E-state index contributed by atoms with van der Waals surface area (Å²) in [6.45, 7) is 9.83. The molecule has 1 amide bonds. The van der Waals surface area contributed by atoms with Crippen molar-refractivity contribution < 1.29 is 9.18 Å². The third-order valence-corrected chi connectivity index (χ3v) is 2.61. The highest BCUT2D eigenvalue weighted by molar-refractivity contribution is 5.99. The van der Waals surface area contributed by atoms with Gasteiger partial charge < -0.3 is 10.6 Å². The molecular weight excluding hydrogens is 231 g/mol. The van der Waals surface area contributed by atoms with E-state index in [0.29, 0.717) is 12.1 Å². The number of nitrogen functional groups attached to an aromatic ring is 1. The third-order valence-electron chi connectivity index (χ3n) is 2.61. The number of amides is 1. The Morgan fingerprint density at radius 2 is 2.11 bits per heavy atom. The Morgan fingerprint density at radius 3 is 2.56 bits per heavy atom. The van der Waals surface area contributed by atoms with Crippen LogP contribution in [0.1, 0.15) is 31.1 Å². The second-order valence-corrected chi connectivity index (χ2v) is 5.11.